The molecule has 0 fully saturated rings. The molecule has 82 valence electrons. The van der Waals surface area contributed by atoms with Gasteiger partial charge in [-0.05, 0) is 19.1 Å². The summed E-state index contributed by atoms with van der Waals surface area (Å²) in [6.45, 7) is 1.69. The van der Waals surface area contributed by atoms with Gasteiger partial charge >= 0.3 is 5.97 Å². The Morgan fingerprint density at radius 3 is 2.94 bits per heavy atom. The lowest BCUT2D eigenvalue weighted by molar-refractivity contribution is -0.136. The van der Waals surface area contributed by atoms with Crippen molar-refractivity contribution in [3.05, 3.63) is 35.9 Å². The van der Waals surface area contributed by atoms with Crippen LogP contribution in [0.2, 0.25) is 0 Å². The summed E-state index contributed by atoms with van der Waals surface area (Å²) in [5.41, 5.74) is 1.04. The van der Waals surface area contributed by atoms with Crippen LogP contribution in [0.5, 0.6) is 0 Å². The van der Waals surface area contributed by atoms with E-state index in [2.05, 4.69) is 9.97 Å². The maximum Gasteiger partial charge on any atom is 0.309 e. The summed E-state index contributed by atoms with van der Waals surface area (Å²) in [6.07, 6.45) is 1.49. The van der Waals surface area contributed by atoms with Gasteiger partial charge in [-0.3, -0.25) is 9.78 Å². The molecule has 0 atom stereocenters. The molecule has 5 heteroatoms. The third kappa shape index (κ3) is 2.08. The van der Waals surface area contributed by atoms with E-state index in [-0.39, 0.29) is 6.42 Å². The molecule has 0 aromatic carbocycles. The average Bonchev–Trinajstić information content (AvgIpc) is 2.61. The largest absolute Gasteiger partial charge is 0.481 e. The summed E-state index contributed by atoms with van der Waals surface area (Å²) >= 11 is 0. The molecule has 5 nitrogen and oxygen atoms in total. The number of carbonyl (C=O) groups is 1. The SMILES string of the molecule is Cc1oc(-c2ccccn2)nc1CC(=O)O. The van der Waals surface area contributed by atoms with Gasteiger partial charge in [0.25, 0.3) is 0 Å². The fourth-order valence-corrected chi connectivity index (χ4v) is 1.33. The van der Waals surface area contributed by atoms with Crippen LogP contribution < -0.4 is 0 Å². The van der Waals surface area contributed by atoms with Crippen LogP contribution in [0.1, 0.15) is 11.5 Å². The van der Waals surface area contributed by atoms with Gasteiger partial charge in [0.1, 0.15) is 11.5 Å². The number of nitrogens with zero attached hydrogens (tertiary/aromatic N) is 2. The molecule has 2 rings (SSSR count). The standard InChI is InChI=1S/C11H10N2O3/c1-7-9(6-10(14)15)13-11(16-7)8-4-2-3-5-12-8/h2-5H,6H2,1H3,(H,14,15). The highest BCUT2D eigenvalue weighted by atomic mass is 16.4. The second-order valence-corrected chi connectivity index (χ2v) is 3.31. The fourth-order valence-electron chi connectivity index (χ4n) is 1.33. The number of carboxylic acid groups (broad SMARTS) is 1. The van der Waals surface area contributed by atoms with E-state index in [0.717, 1.165) is 0 Å². The summed E-state index contributed by atoms with van der Waals surface area (Å²) in [5.74, 6) is -0.0543. The van der Waals surface area contributed by atoms with Gasteiger partial charge in [-0.15, -0.1) is 0 Å². The van der Waals surface area contributed by atoms with Gasteiger partial charge in [-0.1, -0.05) is 6.07 Å². The maximum atomic E-state index is 10.6. The van der Waals surface area contributed by atoms with E-state index >= 15 is 0 Å². The molecule has 0 aliphatic rings. The minimum absolute atomic E-state index is 0.137. The molecule has 0 aliphatic carbocycles. The molecule has 2 heterocycles. The molecule has 2 aromatic rings. The van der Waals surface area contributed by atoms with Crippen molar-refractivity contribution in [3.63, 3.8) is 0 Å². The zero-order chi connectivity index (χ0) is 11.5. The first kappa shape index (κ1) is 10.4. The second kappa shape index (κ2) is 4.14. The van der Waals surface area contributed by atoms with Crippen LogP contribution in [0, 0.1) is 6.92 Å². The van der Waals surface area contributed by atoms with Crippen molar-refractivity contribution in [2.45, 2.75) is 13.3 Å². The smallest absolute Gasteiger partial charge is 0.309 e. The van der Waals surface area contributed by atoms with Crippen molar-refractivity contribution < 1.29 is 14.3 Å². The Morgan fingerprint density at radius 1 is 1.50 bits per heavy atom. The van der Waals surface area contributed by atoms with E-state index in [1.165, 1.54) is 0 Å². The Morgan fingerprint density at radius 2 is 2.31 bits per heavy atom. The number of hydrogen-bond donors (Lipinski definition) is 1. The molecule has 0 saturated carbocycles. The normalized spacial score (nSPS) is 10.3. The molecular weight excluding hydrogens is 208 g/mol. The average molecular weight is 218 g/mol. The van der Waals surface area contributed by atoms with Crippen LogP contribution in [0.15, 0.2) is 28.8 Å². The van der Waals surface area contributed by atoms with Crippen LogP contribution >= 0.6 is 0 Å². The van der Waals surface area contributed by atoms with Gasteiger partial charge in [0.15, 0.2) is 0 Å². The molecule has 0 amide bonds. The van der Waals surface area contributed by atoms with E-state index in [1.807, 2.05) is 6.07 Å². The lowest BCUT2D eigenvalue weighted by Gasteiger charge is -1.91. The molecule has 1 N–H and O–H groups in total. The van der Waals surface area contributed by atoms with Gasteiger partial charge in [0, 0.05) is 6.20 Å². The van der Waals surface area contributed by atoms with Gasteiger partial charge < -0.3 is 9.52 Å². The Hall–Kier alpha value is -2.17. The highest BCUT2D eigenvalue weighted by molar-refractivity contribution is 5.70. The lowest BCUT2D eigenvalue weighted by atomic mass is 10.3. The molecule has 0 saturated heterocycles. The summed E-state index contributed by atoms with van der Waals surface area (Å²) in [5, 5.41) is 8.67. The number of oxazole rings is 1. The number of pyridine rings is 1. The predicted molar refractivity (Wildman–Crippen MR) is 55.8 cm³/mol. The van der Waals surface area contributed by atoms with Crippen molar-refractivity contribution in [3.8, 4) is 11.6 Å². The van der Waals surface area contributed by atoms with Gasteiger partial charge in [0.2, 0.25) is 5.89 Å². The van der Waals surface area contributed by atoms with Crippen molar-refractivity contribution in [2.75, 3.05) is 0 Å². The highest BCUT2D eigenvalue weighted by Gasteiger charge is 2.14. The first-order chi connectivity index (χ1) is 7.66. The third-order valence-corrected chi connectivity index (χ3v) is 2.10. The quantitative estimate of drug-likeness (QED) is 0.847. The molecule has 0 aliphatic heterocycles. The third-order valence-electron chi connectivity index (χ3n) is 2.10. The molecule has 2 aromatic heterocycles. The first-order valence-electron chi connectivity index (χ1n) is 4.76. The topological polar surface area (TPSA) is 76.2 Å². The molecule has 0 unspecified atom stereocenters. The summed E-state index contributed by atoms with van der Waals surface area (Å²) in [7, 11) is 0. The molecule has 0 radical (unpaired) electrons. The number of carboxylic acids is 1. The van der Waals surface area contributed by atoms with Crippen molar-refractivity contribution >= 4 is 5.97 Å². The zero-order valence-electron chi connectivity index (χ0n) is 8.67. The fraction of sp³-hybridized carbons (Fsp3) is 0.182. The van der Waals surface area contributed by atoms with E-state index in [9.17, 15) is 4.79 Å². The molecule has 0 spiro atoms. The van der Waals surface area contributed by atoms with Gasteiger partial charge in [-0.2, -0.15) is 0 Å². The molecular formula is C11H10N2O3. The van der Waals surface area contributed by atoms with Crippen LogP contribution in [-0.4, -0.2) is 21.0 Å². The van der Waals surface area contributed by atoms with E-state index in [1.54, 1.807) is 25.3 Å². The lowest BCUT2D eigenvalue weighted by Crippen LogP contribution is -2.01. The molecule has 0 bridgehead atoms. The monoisotopic (exact) mass is 218 g/mol. The Balaban J connectivity index is 2.34. The number of aryl methyl sites for hydroxylation is 1. The predicted octanol–water partition coefficient (Wildman–Crippen LogP) is 1.67. The Kier molecular flexibility index (Phi) is 2.68. The van der Waals surface area contributed by atoms with E-state index in [0.29, 0.717) is 23.0 Å². The number of aliphatic carboxylic acids is 1. The van der Waals surface area contributed by atoms with Crippen molar-refractivity contribution in [1.29, 1.82) is 0 Å². The summed E-state index contributed by atoms with van der Waals surface area (Å²) < 4.78 is 5.36. The second-order valence-electron chi connectivity index (χ2n) is 3.31. The minimum atomic E-state index is -0.927. The Bertz CT molecular complexity index is 505. The van der Waals surface area contributed by atoms with Crippen LogP contribution in [0.3, 0.4) is 0 Å². The number of rotatable bonds is 3. The highest BCUT2D eigenvalue weighted by Crippen LogP contribution is 2.19. The first-order valence-corrected chi connectivity index (χ1v) is 4.76. The zero-order valence-corrected chi connectivity index (χ0v) is 8.67. The van der Waals surface area contributed by atoms with Crippen molar-refractivity contribution in [1.82, 2.24) is 9.97 Å². The van der Waals surface area contributed by atoms with Crippen LogP contribution in [-0.2, 0) is 11.2 Å². The van der Waals surface area contributed by atoms with Crippen LogP contribution in [0.25, 0.3) is 11.6 Å². The van der Waals surface area contributed by atoms with Gasteiger partial charge in [-0.25, -0.2) is 4.98 Å². The van der Waals surface area contributed by atoms with Gasteiger partial charge in [0.05, 0.1) is 12.1 Å². The van der Waals surface area contributed by atoms with Crippen molar-refractivity contribution in [2.24, 2.45) is 0 Å². The Labute approximate surface area is 91.8 Å². The summed E-state index contributed by atoms with van der Waals surface area (Å²) in [4.78, 5) is 18.8. The number of aromatic nitrogens is 2. The minimum Gasteiger partial charge on any atom is -0.481 e. The molecule has 16 heavy (non-hydrogen) atoms. The van der Waals surface area contributed by atoms with Crippen LogP contribution in [0.4, 0.5) is 0 Å². The number of hydrogen-bond acceptors (Lipinski definition) is 4. The van der Waals surface area contributed by atoms with E-state index in [4.69, 9.17) is 9.52 Å². The summed E-state index contributed by atoms with van der Waals surface area (Å²) in [6, 6.07) is 5.37. The maximum absolute atomic E-state index is 10.6. The van der Waals surface area contributed by atoms with E-state index < -0.39 is 5.97 Å².